The minimum absolute atomic E-state index is 0.0553. The molecule has 1 aliphatic heterocycles. The molecule has 0 spiro atoms. The number of piperidine rings is 1. The Labute approximate surface area is 101 Å². The van der Waals surface area contributed by atoms with Crippen molar-refractivity contribution in [1.29, 1.82) is 0 Å². The number of hydrogen-bond donors (Lipinski definition) is 1. The maximum absolute atomic E-state index is 6.17. The van der Waals surface area contributed by atoms with Gasteiger partial charge < -0.3 is 10.6 Å². The van der Waals surface area contributed by atoms with Gasteiger partial charge in [0.2, 0.25) is 0 Å². The minimum Gasteiger partial charge on any atom is -0.320 e. The Morgan fingerprint density at radius 2 is 2.12 bits per heavy atom. The van der Waals surface area contributed by atoms with Crippen molar-refractivity contribution in [3.63, 3.8) is 0 Å². The Morgan fingerprint density at radius 1 is 1.44 bits per heavy atom. The maximum atomic E-state index is 6.17. The zero-order valence-corrected chi connectivity index (χ0v) is 10.6. The van der Waals surface area contributed by atoms with E-state index in [0.717, 1.165) is 18.5 Å². The fraction of sp³-hybridized carbons (Fsp3) is 0.750. The first-order valence-electron chi connectivity index (χ1n) is 6.11. The molecular weight excluding hydrogens is 218 g/mol. The number of rotatable bonds is 2. The second-order valence-electron chi connectivity index (χ2n) is 5.30. The van der Waals surface area contributed by atoms with Gasteiger partial charge in [0.05, 0.1) is 16.2 Å². The fourth-order valence-electron chi connectivity index (χ4n) is 2.35. The molecule has 3 nitrogen and oxygen atoms in total. The molecule has 1 aromatic rings. The molecule has 1 saturated heterocycles. The van der Waals surface area contributed by atoms with Gasteiger partial charge in [0.25, 0.3) is 0 Å². The first kappa shape index (κ1) is 10.7. The van der Waals surface area contributed by atoms with E-state index >= 15 is 0 Å². The topological polar surface area (TPSA) is 42.2 Å². The molecule has 2 aliphatic rings. The average Bonchev–Trinajstić information content (AvgIpc) is 2.84. The SMILES string of the molecule is CN1CCC(c2nc(C3(N)CC3)cs2)CC1. The lowest BCUT2D eigenvalue weighted by molar-refractivity contribution is 0.255. The van der Waals surface area contributed by atoms with Crippen LogP contribution in [0.2, 0.25) is 0 Å². The van der Waals surface area contributed by atoms with E-state index in [2.05, 4.69) is 17.3 Å². The molecule has 1 saturated carbocycles. The summed E-state index contributed by atoms with van der Waals surface area (Å²) in [6.07, 6.45) is 4.73. The first-order valence-corrected chi connectivity index (χ1v) is 6.99. The number of nitrogens with two attached hydrogens (primary N) is 1. The molecule has 0 aromatic carbocycles. The first-order chi connectivity index (χ1) is 7.67. The van der Waals surface area contributed by atoms with Crippen molar-refractivity contribution in [2.45, 2.75) is 37.1 Å². The lowest BCUT2D eigenvalue weighted by atomic mass is 9.98. The molecule has 1 aliphatic carbocycles. The van der Waals surface area contributed by atoms with Crippen LogP contribution >= 0.6 is 11.3 Å². The molecule has 0 bridgehead atoms. The summed E-state index contributed by atoms with van der Waals surface area (Å²) in [5.41, 5.74) is 7.26. The number of thiazole rings is 1. The maximum Gasteiger partial charge on any atom is 0.0961 e. The van der Waals surface area contributed by atoms with Gasteiger partial charge in [-0.1, -0.05) is 0 Å². The quantitative estimate of drug-likeness (QED) is 0.854. The van der Waals surface area contributed by atoms with E-state index in [1.54, 1.807) is 0 Å². The van der Waals surface area contributed by atoms with Crippen LogP contribution in [0.5, 0.6) is 0 Å². The van der Waals surface area contributed by atoms with Crippen molar-refractivity contribution in [1.82, 2.24) is 9.88 Å². The summed E-state index contributed by atoms with van der Waals surface area (Å²) in [6, 6.07) is 0. The molecule has 0 radical (unpaired) electrons. The molecule has 2 heterocycles. The van der Waals surface area contributed by atoms with Crippen molar-refractivity contribution >= 4 is 11.3 Å². The third-order valence-corrected chi connectivity index (χ3v) is 4.90. The monoisotopic (exact) mass is 237 g/mol. The highest BCUT2D eigenvalue weighted by Gasteiger charge is 2.42. The molecular formula is C12H19N3S. The van der Waals surface area contributed by atoms with Crippen LogP contribution in [-0.4, -0.2) is 30.0 Å². The molecule has 88 valence electrons. The van der Waals surface area contributed by atoms with Crippen LogP contribution in [0.1, 0.15) is 42.3 Å². The standard InChI is InChI=1S/C12H19N3S/c1-15-6-2-9(3-7-15)11-14-10(8-16-11)12(13)4-5-12/h8-9H,2-7,13H2,1H3. The van der Waals surface area contributed by atoms with E-state index in [4.69, 9.17) is 10.7 Å². The molecule has 2 N–H and O–H groups in total. The van der Waals surface area contributed by atoms with Gasteiger partial charge in [-0.25, -0.2) is 4.98 Å². The molecule has 3 rings (SSSR count). The van der Waals surface area contributed by atoms with Gasteiger partial charge in [0, 0.05) is 11.3 Å². The van der Waals surface area contributed by atoms with Crippen LogP contribution in [0.4, 0.5) is 0 Å². The van der Waals surface area contributed by atoms with Crippen molar-refractivity contribution in [2.24, 2.45) is 5.73 Å². The van der Waals surface area contributed by atoms with Gasteiger partial charge in [0.15, 0.2) is 0 Å². The van der Waals surface area contributed by atoms with E-state index in [1.165, 1.54) is 30.9 Å². The van der Waals surface area contributed by atoms with Crippen LogP contribution in [0.3, 0.4) is 0 Å². The zero-order chi connectivity index (χ0) is 11.2. The van der Waals surface area contributed by atoms with Crippen LogP contribution < -0.4 is 5.73 Å². The largest absolute Gasteiger partial charge is 0.320 e. The lowest BCUT2D eigenvalue weighted by Gasteiger charge is -2.27. The van der Waals surface area contributed by atoms with Gasteiger partial charge in [-0.05, 0) is 45.8 Å². The molecule has 2 fully saturated rings. The van der Waals surface area contributed by atoms with Crippen LogP contribution in [0.15, 0.2) is 5.38 Å². The van der Waals surface area contributed by atoms with Crippen molar-refractivity contribution in [3.8, 4) is 0 Å². The van der Waals surface area contributed by atoms with Gasteiger partial charge in [-0.2, -0.15) is 0 Å². The second kappa shape index (κ2) is 3.79. The molecule has 0 amide bonds. The molecule has 1 aromatic heterocycles. The van der Waals surface area contributed by atoms with Crippen LogP contribution in [0, 0.1) is 0 Å². The van der Waals surface area contributed by atoms with E-state index in [0.29, 0.717) is 5.92 Å². The number of nitrogens with zero attached hydrogens (tertiary/aromatic N) is 2. The Morgan fingerprint density at radius 3 is 2.75 bits per heavy atom. The van der Waals surface area contributed by atoms with Gasteiger partial charge >= 0.3 is 0 Å². The third kappa shape index (κ3) is 1.90. The summed E-state index contributed by atoms with van der Waals surface area (Å²) in [6.45, 7) is 2.40. The number of aromatic nitrogens is 1. The summed E-state index contributed by atoms with van der Waals surface area (Å²) >= 11 is 1.81. The molecule has 0 atom stereocenters. The van der Waals surface area contributed by atoms with Gasteiger partial charge in [-0.3, -0.25) is 0 Å². The van der Waals surface area contributed by atoms with Crippen LogP contribution in [-0.2, 0) is 5.54 Å². The Bertz CT molecular complexity index is 375. The Hall–Kier alpha value is -0.450. The van der Waals surface area contributed by atoms with E-state index in [9.17, 15) is 0 Å². The number of hydrogen-bond acceptors (Lipinski definition) is 4. The van der Waals surface area contributed by atoms with Crippen molar-refractivity contribution < 1.29 is 0 Å². The van der Waals surface area contributed by atoms with Gasteiger partial charge in [-0.15, -0.1) is 11.3 Å². The zero-order valence-electron chi connectivity index (χ0n) is 9.78. The molecule has 16 heavy (non-hydrogen) atoms. The van der Waals surface area contributed by atoms with Crippen LogP contribution in [0.25, 0.3) is 0 Å². The molecule has 0 unspecified atom stereocenters. The lowest BCUT2D eigenvalue weighted by Crippen LogP contribution is -2.29. The third-order valence-electron chi connectivity index (χ3n) is 3.89. The predicted octanol–water partition coefficient (Wildman–Crippen LogP) is 1.90. The van der Waals surface area contributed by atoms with Gasteiger partial charge in [0.1, 0.15) is 0 Å². The van der Waals surface area contributed by atoms with Crippen molar-refractivity contribution in [3.05, 3.63) is 16.1 Å². The summed E-state index contributed by atoms with van der Waals surface area (Å²) in [7, 11) is 2.20. The Kier molecular flexibility index (Phi) is 2.53. The highest BCUT2D eigenvalue weighted by molar-refractivity contribution is 7.09. The summed E-state index contributed by atoms with van der Waals surface area (Å²) < 4.78 is 0. The smallest absolute Gasteiger partial charge is 0.0961 e. The highest BCUT2D eigenvalue weighted by Crippen LogP contribution is 2.43. The number of likely N-dealkylation sites (tertiary alicyclic amines) is 1. The minimum atomic E-state index is -0.0553. The van der Waals surface area contributed by atoms with Crippen molar-refractivity contribution in [2.75, 3.05) is 20.1 Å². The van der Waals surface area contributed by atoms with E-state index < -0.39 is 0 Å². The Balaban J connectivity index is 1.72. The summed E-state index contributed by atoms with van der Waals surface area (Å²) in [5.74, 6) is 0.678. The summed E-state index contributed by atoms with van der Waals surface area (Å²) in [4.78, 5) is 7.17. The highest BCUT2D eigenvalue weighted by atomic mass is 32.1. The fourth-order valence-corrected chi connectivity index (χ4v) is 3.45. The average molecular weight is 237 g/mol. The molecule has 4 heteroatoms. The van der Waals surface area contributed by atoms with E-state index in [1.807, 2.05) is 11.3 Å². The predicted molar refractivity (Wildman–Crippen MR) is 66.7 cm³/mol. The second-order valence-corrected chi connectivity index (χ2v) is 6.19. The van der Waals surface area contributed by atoms with E-state index in [-0.39, 0.29) is 5.54 Å². The summed E-state index contributed by atoms with van der Waals surface area (Å²) in [5, 5.41) is 3.50. The normalized spacial score (nSPS) is 25.9.